The van der Waals surface area contributed by atoms with Crippen LogP contribution in [0.5, 0.6) is 17.2 Å². The molecule has 6 nitrogen and oxygen atoms in total. The van der Waals surface area contributed by atoms with Crippen LogP contribution in [0.4, 0.5) is 0 Å². The second kappa shape index (κ2) is 7.00. The first kappa shape index (κ1) is 16.1. The average Bonchev–Trinajstić information content (AvgIpc) is 2.42. The molecule has 2 unspecified atom stereocenters. The lowest BCUT2D eigenvalue weighted by Crippen LogP contribution is -2.26. The van der Waals surface area contributed by atoms with Gasteiger partial charge >= 0.3 is 5.97 Å². The lowest BCUT2D eigenvalue weighted by molar-refractivity contribution is -0.142. The van der Waals surface area contributed by atoms with Crippen molar-refractivity contribution in [3.8, 4) is 17.2 Å². The van der Waals surface area contributed by atoms with Gasteiger partial charge in [-0.15, -0.1) is 0 Å². The Hall–Kier alpha value is -1.95. The van der Waals surface area contributed by atoms with Crippen LogP contribution < -0.4 is 5.73 Å². The van der Waals surface area contributed by atoms with Gasteiger partial charge in [0.15, 0.2) is 11.5 Å². The van der Waals surface area contributed by atoms with E-state index >= 15 is 0 Å². The Morgan fingerprint density at radius 2 is 1.85 bits per heavy atom. The lowest BCUT2D eigenvalue weighted by atomic mass is 9.87. The summed E-state index contributed by atoms with van der Waals surface area (Å²) < 4.78 is 0. The predicted octanol–water partition coefficient (Wildman–Crippen LogP) is 1.42. The number of hydrogen-bond donors (Lipinski definition) is 5. The fraction of sp³-hybridized carbons (Fsp3) is 0.500. The standard InChI is InChI=1S/C14H21NO5/c1-2-8(5-9(7-15)14(19)20)6-10-11(16)3-4-12(17)13(10)18/h3-4,8-9,16-18H,2,5-7,15H2,1H3,(H,19,20). The van der Waals surface area contributed by atoms with Crippen molar-refractivity contribution in [1.29, 1.82) is 0 Å². The number of carbonyl (C=O) groups is 1. The molecule has 1 rings (SSSR count). The van der Waals surface area contributed by atoms with Crippen LogP contribution in [0, 0.1) is 11.8 Å². The van der Waals surface area contributed by atoms with Crippen molar-refractivity contribution in [1.82, 2.24) is 0 Å². The van der Waals surface area contributed by atoms with Gasteiger partial charge < -0.3 is 26.2 Å². The van der Waals surface area contributed by atoms with Crippen LogP contribution in [-0.2, 0) is 11.2 Å². The molecule has 6 heteroatoms. The van der Waals surface area contributed by atoms with E-state index in [0.717, 1.165) is 0 Å². The first-order valence-corrected chi connectivity index (χ1v) is 6.56. The number of carboxylic acids is 1. The minimum absolute atomic E-state index is 0.0455. The Morgan fingerprint density at radius 1 is 1.25 bits per heavy atom. The van der Waals surface area contributed by atoms with Crippen molar-refractivity contribution in [2.75, 3.05) is 6.54 Å². The van der Waals surface area contributed by atoms with Gasteiger partial charge in [0.25, 0.3) is 0 Å². The summed E-state index contributed by atoms with van der Waals surface area (Å²) in [5.41, 5.74) is 5.67. The van der Waals surface area contributed by atoms with E-state index in [1.807, 2.05) is 6.92 Å². The number of phenolic OH excluding ortho intramolecular Hbond substituents is 3. The van der Waals surface area contributed by atoms with Gasteiger partial charge in [-0.2, -0.15) is 0 Å². The minimum Gasteiger partial charge on any atom is -0.508 e. The third-order valence-corrected chi connectivity index (χ3v) is 3.56. The molecule has 2 atom stereocenters. The van der Waals surface area contributed by atoms with E-state index in [-0.39, 0.29) is 41.7 Å². The maximum Gasteiger partial charge on any atom is 0.307 e. The van der Waals surface area contributed by atoms with Crippen molar-refractivity contribution in [3.05, 3.63) is 17.7 Å². The normalized spacial score (nSPS) is 13.9. The molecule has 0 bridgehead atoms. The summed E-state index contributed by atoms with van der Waals surface area (Å²) in [6, 6.07) is 2.50. The zero-order chi connectivity index (χ0) is 15.3. The summed E-state index contributed by atoms with van der Waals surface area (Å²) in [7, 11) is 0. The fourth-order valence-electron chi connectivity index (χ4n) is 2.20. The summed E-state index contributed by atoms with van der Waals surface area (Å²) in [4.78, 5) is 11.0. The molecular weight excluding hydrogens is 262 g/mol. The topological polar surface area (TPSA) is 124 Å². The van der Waals surface area contributed by atoms with E-state index < -0.39 is 11.9 Å². The smallest absolute Gasteiger partial charge is 0.307 e. The maximum atomic E-state index is 11.0. The van der Waals surface area contributed by atoms with E-state index in [2.05, 4.69) is 0 Å². The molecule has 0 heterocycles. The number of rotatable bonds is 7. The van der Waals surface area contributed by atoms with Gasteiger partial charge in [-0.1, -0.05) is 13.3 Å². The van der Waals surface area contributed by atoms with E-state index in [0.29, 0.717) is 12.8 Å². The highest BCUT2D eigenvalue weighted by atomic mass is 16.4. The second-order valence-corrected chi connectivity index (χ2v) is 4.92. The van der Waals surface area contributed by atoms with E-state index in [9.17, 15) is 20.1 Å². The first-order valence-electron chi connectivity index (χ1n) is 6.56. The molecule has 0 saturated carbocycles. The van der Waals surface area contributed by atoms with Crippen molar-refractivity contribution in [3.63, 3.8) is 0 Å². The highest BCUT2D eigenvalue weighted by molar-refractivity contribution is 5.70. The summed E-state index contributed by atoms with van der Waals surface area (Å²) in [5, 5.41) is 38.0. The Morgan fingerprint density at radius 3 is 2.35 bits per heavy atom. The van der Waals surface area contributed by atoms with Gasteiger partial charge in [0.05, 0.1) is 5.92 Å². The molecule has 6 N–H and O–H groups in total. The monoisotopic (exact) mass is 283 g/mol. The number of aliphatic carboxylic acids is 1. The van der Waals surface area contributed by atoms with Crippen LogP contribution in [-0.4, -0.2) is 32.9 Å². The third-order valence-electron chi connectivity index (χ3n) is 3.56. The summed E-state index contributed by atoms with van der Waals surface area (Å²) in [6.07, 6.45) is 1.32. The van der Waals surface area contributed by atoms with Crippen LogP contribution in [0.1, 0.15) is 25.3 Å². The fourth-order valence-corrected chi connectivity index (χ4v) is 2.20. The molecule has 0 amide bonds. The number of nitrogens with two attached hydrogens (primary N) is 1. The number of benzene rings is 1. The van der Waals surface area contributed by atoms with Crippen LogP contribution >= 0.6 is 0 Å². The summed E-state index contributed by atoms with van der Waals surface area (Å²) >= 11 is 0. The molecule has 0 aliphatic carbocycles. The van der Waals surface area contributed by atoms with Gasteiger partial charge in [-0.3, -0.25) is 4.79 Å². The van der Waals surface area contributed by atoms with Crippen LogP contribution in [0.3, 0.4) is 0 Å². The van der Waals surface area contributed by atoms with Crippen molar-refractivity contribution in [2.24, 2.45) is 17.6 Å². The average molecular weight is 283 g/mol. The molecule has 1 aromatic carbocycles. The molecular formula is C14H21NO5. The Bertz CT molecular complexity index is 475. The zero-order valence-corrected chi connectivity index (χ0v) is 11.4. The number of carboxylic acid groups (broad SMARTS) is 1. The number of phenols is 3. The van der Waals surface area contributed by atoms with Crippen LogP contribution in [0.25, 0.3) is 0 Å². The molecule has 0 saturated heterocycles. The Balaban J connectivity index is 2.89. The molecule has 0 aliphatic rings. The summed E-state index contributed by atoms with van der Waals surface area (Å²) in [5.74, 6) is -2.43. The molecule has 0 radical (unpaired) electrons. The van der Waals surface area contributed by atoms with E-state index in [1.165, 1.54) is 12.1 Å². The Labute approximate surface area is 117 Å². The minimum atomic E-state index is -0.949. The molecule has 20 heavy (non-hydrogen) atoms. The molecule has 0 aliphatic heterocycles. The van der Waals surface area contributed by atoms with Crippen LogP contribution in [0.15, 0.2) is 12.1 Å². The second-order valence-electron chi connectivity index (χ2n) is 4.92. The molecule has 112 valence electrons. The quantitative estimate of drug-likeness (QED) is 0.381. The SMILES string of the molecule is CCC(Cc1c(O)ccc(O)c1O)CC(CN)C(=O)O. The van der Waals surface area contributed by atoms with Gasteiger partial charge in [-0.05, 0) is 30.9 Å². The first-order chi connectivity index (χ1) is 9.40. The lowest BCUT2D eigenvalue weighted by Gasteiger charge is -2.20. The highest BCUT2D eigenvalue weighted by Gasteiger charge is 2.23. The molecule has 1 aromatic rings. The van der Waals surface area contributed by atoms with Crippen molar-refractivity contribution in [2.45, 2.75) is 26.2 Å². The number of aromatic hydroxyl groups is 3. The van der Waals surface area contributed by atoms with Gasteiger partial charge in [0, 0.05) is 12.1 Å². The van der Waals surface area contributed by atoms with Crippen molar-refractivity contribution >= 4 is 5.97 Å². The predicted molar refractivity (Wildman–Crippen MR) is 73.7 cm³/mol. The summed E-state index contributed by atoms with van der Waals surface area (Å²) in [6.45, 7) is 1.95. The number of hydrogen-bond acceptors (Lipinski definition) is 5. The van der Waals surface area contributed by atoms with Gasteiger partial charge in [0.1, 0.15) is 5.75 Å². The Kier molecular flexibility index (Phi) is 5.64. The van der Waals surface area contributed by atoms with E-state index in [4.69, 9.17) is 10.8 Å². The maximum absolute atomic E-state index is 11.0. The van der Waals surface area contributed by atoms with Gasteiger partial charge in [0.2, 0.25) is 0 Å². The van der Waals surface area contributed by atoms with Crippen molar-refractivity contribution < 1.29 is 25.2 Å². The van der Waals surface area contributed by atoms with E-state index in [1.54, 1.807) is 0 Å². The zero-order valence-electron chi connectivity index (χ0n) is 11.4. The molecule has 0 fully saturated rings. The van der Waals surface area contributed by atoms with Gasteiger partial charge in [-0.25, -0.2) is 0 Å². The largest absolute Gasteiger partial charge is 0.508 e. The molecule has 0 spiro atoms. The van der Waals surface area contributed by atoms with Crippen LogP contribution in [0.2, 0.25) is 0 Å². The molecule has 0 aromatic heterocycles. The third kappa shape index (κ3) is 3.77. The highest BCUT2D eigenvalue weighted by Crippen LogP contribution is 2.37.